The largest absolute Gasteiger partial charge is 0.380 e. The molecule has 0 aliphatic carbocycles. The Bertz CT molecular complexity index is 490. The van der Waals surface area contributed by atoms with Crippen LogP contribution in [-0.2, 0) is 11.3 Å². The maximum Gasteiger partial charge on any atom is 0.133 e. The Kier molecular flexibility index (Phi) is 6.67. The fraction of sp³-hybridized carbons (Fsp3) is 0.562. The number of ether oxygens (including phenoxy) is 1. The average molecular weight is 354 g/mol. The average Bonchev–Trinajstić information content (AvgIpc) is 2.49. The van der Waals surface area contributed by atoms with Crippen LogP contribution in [0.4, 0.5) is 5.82 Å². The van der Waals surface area contributed by atoms with Gasteiger partial charge < -0.3 is 15.0 Å². The van der Waals surface area contributed by atoms with E-state index in [2.05, 4.69) is 50.2 Å². The predicted octanol–water partition coefficient (Wildman–Crippen LogP) is 3.13. The molecule has 0 aromatic carbocycles. The fourth-order valence-corrected chi connectivity index (χ4v) is 2.89. The minimum atomic E-state index is 0.743. The Hall–Kier alpha value is -0.910. The molecular weight excluding hydrogens is 330 g/mol. The third-order valence-corrected chi connectivity index (χ3v) is 4.02. The van der Waals surface area contributed by atoms with Crippen molar-refractivity contribution in [2.75, 3.05) is 38.3 Å². The number of methoxy groups -OCH3 is 1. The van der Waals surface area contributed by atoms with E-state index in [1.165, 1.54) is 11.1 Å². The number of nitrogens with one attached hydrogen (secondary N) is 1. The van der Waals surface area contributed by atoms with Crippen molar-refractivity contribution in [2.45, 2.75) is 26.3 Å². The van der Waals surface area contributed by atoms with Crippen LogP contribution >= 0.6 is 15.9 Å². The first-order chi connectivity index (χ1) is 10.2. The molecule has 1 aliphatic rings. The molecule has 0 spiro atoms. The van der Waals surface area contributed by atoms with Crippen molar-refractivity contribution < 1.29 is 4.74 Å². The Labute approximate surface area is 135 Å². The Balaban J connectivity index is 2.08. The molecule has 1 aromatic rings. The number of halogens is 1. The minimum Gasteiger partial charge on any atom is -0.380 e. The zero-order chi connectivity index (χ0) is 15.1. The molecule has 0 amide bonds. The Morgan fingerprint density at radius 3 is 3.00 bits per heavy atom. The van der Waals surface area contributed by atoms with Gasteiger partial charge in [0.25, 0.3) is 0 Å². The molecular formula is C16H24BrN3O. The summed E-state index contributed by atoms with van der Waals surface area (Å²) in [5, 5.41) is 3.46. The quantitative estimate of drug-likeness (QED) is 0.603. The molecule has 0 saturated carbocycles. The van der Waals surface area contributed by atoms with Gasteiger partial charge in [0.05, 0.1) is 6.61 Å². The van der Waals surface area contributed by atoms with Gasteiger partial charge in [0, 0.05) is 43.0 Å². The highest BCUT2D eigenvalue weighted by molar-refractivity contribution is 9.10. The van der Waals surface area contributed by atoms with Crippen LogP contribution in [-0.4, -0.2) is 38.3 Å². The second kappa shape index (κ2) is 8.51. The molecule has 1 aliphatic heterocycles. The highest BCUT2D eigenvalue weighted by Gasteiger charge is 2.16. The molecule has 0 radical (unpaired) electrons. The second-order valence-electron chi connectivity index (χ2n) is 5.30. The van der Waals surface area contributed by atoms with Gasteiger partial charge in [0.1, 0.15) is 5.82 Å². The smallest absolute Gasteiger partial charge is 0.133 e. The van der Waals surface area contributed by atoms with Crippen LogP contribution in [0, 0.1) is 0 Å². The van der Waals surface area contributed by atoms with E-state index in [0.717, 1.165) is 55.9 Å². The van der Waals surface area contributed by atoms with Crippen LogP contribution in [0.5, 0.6) is 0 Å². The third kappa shape index (κ3) is 4.80. The molecule has 0 fully saturated rings. The SMILES string of the molecule is CCCNCc1cc(Br)cnc1N1CC=C(COC)CC1. The first-order valence-electron chi connectivity index (χ1n) is 7.51. The zero-order valence-corrected chi connectivity index (χ0v) is 14.4. The normalized spacial score (nSPS) is 15.2. The molecule has 2 rings (SSSR count). The second-order valence-corrected chi connectivity index (χ2v) is 6.22. The first-order valence-corrected chi connectivity index (χ1v) is 8.30. The lowest BCUT2D eigenvalue weighted by atomic mass is 10.1. The number of anilines is 1. The summed E-state index contributed by atoms with van der Waals surface area (Å²) in [5.74, 6) is 1.09. The summed E-state index contributed by atoms with van der Waals surface area (Å²) in [6.07, 6.45) is 6.34. The molecule has 0 bridgehead atoms. The number of hydrogen-bond acceptors (Lipinski definition) is 4. The zero-order valence-electron chi connectivity index (χ0n) is 12.9. The summed E-state index contributed by atoms with van der Waals surface area (Å²) in [7, 11) is 1.75. The molecule has 2 heterocycles. The van der Waals surface area contributed by atoms with Crippen LogP contribution in [0.25, 0.3) is 0 Å². The lowest BCUT2D eigenvalue weighted by molar-refractivity contribution is 0.222. The maximum atomic E-state index is 5.21. The van der Waals surface area contributed by atoms with E-state index in [9.17, 15) is 0 Å². The number of hydrogen-bond donors (Lipinski definition) is 1. The standard InChI is InChI=1S/C16H24BrN3O/c1-3-6-18-10-14-9-15(17)11-19-16(14)20-7-4-13(5-8-20)12-21-2/h4,9,11,18H,3,5-8,10,12H2,1-2H3. The number of aromatic nitrogens is 1. The Morgan fingerprint density at radius 1 is 1.48 bits per heavy atom. The van der Waals surface area contributed by atoms with Crippen molar-refractivity contribution in [1.29, 1.82) is 0 Å². The van der Waals surface area contributed by atoms with Crippen LogP contribution in [0.3, 0.4) is 0 Å². The number of rotatable bonds is 7. The molecule has 1 N–H and O–H groups in total. The summed E-state index contributed by atoms with van der Waals surface area (Å²) in [5.41, 5.74) is 2.64. The van der Waals surface area contributed by atoms with Crippen molar-refractivity contribution in [3.63, 3.8) is 0 Å². The molecule has 0 atom stereocenters. The summed E-state index contributed by atoms with van der Waals surface area (Å²) >= 11 is 3.52. The molecule has 116 valence electrons. The van der Waals surface area contributed by atoms with Crippen molar-refractivity contribution in [3.05, 3.63) is 33.9 Å². The molecule has 5 heteroatoms. The van der Waals surface area contributed by atoms with E-state index in [4.69, 9.17) is 4.74 Å². The summed E-state index contributed by atoms with van der Waals surface area (Å²) in [6, 6.07) is 2.17. The molecule has 0 unspecified atom stereocenters. The summed E-state index contributed by atoms with van der Waals surface area (Å²) in [6.45, 7) is 6.73. The van der Waals surface area contributed by atoms with Crippen LogP contribution in [0.1, 0.15) is 25.3 Å². The van der Waals surface area contributed by atoms with Gasteiger partial charge in [-0.3, -0.25) is 0 Å². The minimum absolute atomic E-state index is 0.743. The van der Waals surface area contributed by atoms with Crippen LogP contribution in [0.15, 0.2) is 28.4 Å². The first kappa shape index (κ1) is 16.5. The summed E-state index contributed by atoms with van der Waals surface area (Å²) in [4.78, 5) is 6.97. The van der Waals surface area contributed by atoms with Crippen molar-refractivity contribution in [2.24, 2.45) is 0 Å². The van der Waals surface area contributed by atoms with Crippen LogP contribution in [0.2, 0.25) is 0 Å². The van der Waals surface area contributed by atoms with Crippen LogP contribution < -0.4 is 10.2 Å². The van der Waals surface area contributed by atoms with E-state index in [-0.39, 0.29) is 0 Å². The highest BCUT2D eigenvalue weighted by atomic mass is 79.9. The van der Waals surface area contributed by atoms with Crippen molar-refractivity contribution >= 4 is 21.7 Å². The highest BCUT2D eigenvalue weighted by Crippen LogP contribution is 2.24. The van der Waals surface area contributed by atoms with E-state index in [1.807, 2.05) is 6.20 Å². The predicted molar refractivity (Wildman–Crippen MR) is 90.7 cm³/mol. The van der Waals surface area contributed by atoms with Gasteiger partial charge in [-0.15, -0.1) is 0 Å². The van der Waals surface area contributed by atoms with E-state index in [0.29, 0.717) is 0 Å². The van der Waals surface area contributed by atoms with Gasteiger partial charge in [-0.1, -0.05) is 13.0 Å². The van der Waals surface area contributed by atoms with Gasteiger partial charge in [-0.2, -0.15) is 0 Å². The maximum absolute atomic E-state index is 5.21. The number of pyridine rings is 1. The monoisotopic (exact) mass is 353 g/mol. The third-order valence-electron chi connectivity index (χ3n) is 3.58. The van der Waals surface area contributed by atoms with Gasteiger partial charge in [-0.05, 0) is 47.0 Å². The topological polar surface area (TPSA) is 37.4 Å². The van der Waals surface area contributed by atoms with Gasteiger partial charge in [0.15, 0.2) is 0 Å². The lowest BCUT2D eigenvalue weighted by Gasteiger charge is -2.29. The number of nitrogens with zero attached hydrogens (tertiary/aromatic N) is 2. The van der Waals surface area contributed by atoms with Gasteiger partial charge >= 0.3 is 0 Å². The molecule has 21 heavy (non-hydrogen) atoms. The molecule has 4 nitrogen and oxygen atoms in total. The van der Waals surface area contributed by atoms with Gasteiger partial charge in [-0.25, -0.2) is 4.98 Å². The molecule has 0 saturated heterocycles. The lowest BCUT2D eigenvalue weighted by Crippen LogP contribution is -2.31. The van der Waals surface area contributed by atoms with Gasteiger partial charge in [0.2, 0.25) is 0 Å². The van der Waals surface area contributed by atoms with E-state index >= 15 is 0 Å². The van der Waals surface area contributed by atoms with E-state index < -0.39 is 0 Å². The van der Waals surface area contributed by atoms with E-state index in [1.54, 1.807) is 7.11 Å². The fourth-order valence-electron chi connectivity index (χ4n) is 2.51. The Morgan fingerprint density at radius 2 is 2.33 bits per heavy atom. The van der Waals surface area contributed by atoms with Crippen molar-refractivity contribution in [3.8, 4) is 0 Å². The summed E-state index contributed by atoms with van der Waals surface area (Å²) < 4.78 is 6.24. The van der Waals surface area contributed by atoms with Crippen molar-refractivity contribution in [1.82, 2.24) is 10.3 Å². The molecule has 1 aromatic heterocycles.